The first-order valence-corrected chi connectivity index (χ1v) is 5.86. The van der Waals surface area contributed by atoms with Crippen LogP contribution < -0.4 is 0 Å². The standard InChI is InChI=1S/C10H17NOS/c1-2-9-13-10(12)11-7-5-3-4-6-8-11/h2H,1,3-9H2. The van der Waals surface area contributed by atoms with Crippen molar-refractivity contribution in [2.24, 2.45) is 0 Å². The van der Waals surface area contributed by atoms with Crippen molar-refractivity contribution in [2.75, 3.05) is 18.8 Å². The van der Waals surface area contributed by atoms with E-state index >= 15 is 0 Å². The van der Waals surface area contributed by atoms with Gasteiger partial charge in [0.25, 0.3) is 5.24 Å². The number of thioether (sulfide) groups is 1. The normalized spacial score (nSPS) is 18.0. The minimum absolute atomic E-state index is 0.224. The lowest BCUT2D eigenvalue weighted by atomic mass is 10.2. The topological polar surface area (TPSA) is 20.3 Å². The van der Waals surface area contributed by atoms with Crippen LogP contribution in [0.4, 0.5) is 4.79 Å². The van der Waals surface area contributed by atoms with Crippen molar-refractivity contribution in [2.45, 2.75) is 25.7 Å². The third-order valence-electron chi connectivity index (χ3n) is 2.19. The van der Waals surface area contributed by atoms with Gasteiger partial charge in [-0.1, -0.05) is 30.7 Å². The molecule has 0 bridgehead atoms. The van der Waals surface area contributed by atoms with E-state index in [-0.39, 0.29) is 5.24 Å². The molecule has 0 unspecified atom stereocenters. The highest BCUT2D eigenvalue weighted by molar-refractivity contribution is 8.13. The molecule has 0 aromatic rings. The summed E-state index contributed by atoms with van der Waals surface area (Å²) < 4.78 is 0. The summed E-state index contributed by atoms with van der Waals surface area (Å²) >= 11 is 1.36. The molecule has 1 aliphatic heterocycles. The van der Waals surface area contributed by atoms with Gasteiger partial charge in [-0.2, -0.15) is 0 Å². The molecule has 0 aromatic carbocycles. The summed E-state index contributed by atoms with van der Waals surface area (Å²) in [5.74, 6) is 0.731. The largest absolute Gasteiger partial charge is 0.334 e. The van der Waals surface area contributed by atoms with Gasteiger partial charge in [0, 0.05) is 18.8 Å². The Labute approximate surface area is 84.4 Å². The van der Waals surface area contributed by atoms with Crippen LogP contribution in [0.2, 0.25) is 0 Å². The maximum absolute atomic E-state index is 11.6. The number of hydrogen-bond donors (Lipinski definition) is 0. The van der Waals surface area contributed by atoms with Crippen LogP contribution in [0.1, 0.15) is 25.7 Å². The lowest BCUT2D eigenvalue weighted by Crippen LogP contribution is -2.28. The molecule has 2 nitrogen and oxygen atoms in total. The summed E-state index contributed by atoms with van der Waals surface area (Å²) in [5.41, 5.74) is 0. The van der Waals surface area contributed by atoms with Crippen LogP contribution in [0.15, 0.2) is 12.7 Å². The highest BCUT2D eigenvalue weighted by Gasteiger charge is 2.14. The van der Waals surface area contributed by atoms with Crippen LogP contribution in [0.3, 0.4) is 0 Å². The second-order valence-electron chi connectivity index (χ2n) is 3.27. The van der Waals surface area contributed by atoms with E-state index in [0.29, 0.717) is 0 Å². The van der Waals surface area contributed by atoms with Crippen LogP contribution in [0, 0.1) is 0 Å². The number of carbonyl (C=O) groups excluding carboxylic acids is 1. The van der Waals surface area contributed by atoms with Crippen molar-refractivity contribution in [3.8, 4) is 0 Å². The summed E-state index contributed by atoms with van der Waals surface area (Å²) in [6.07, 6.45) is 6.66. The van der Waals surface area contributed by atoms with Gasteiger partial charge in [0.05, 0.1) is 0 Å². The molecule has 3 heteroatoms. The van der Waals surface area contributed by atoms with Gasteiger partial charge in [-0.3, -0.25) is 4.79 Å². The molecule has 1 rings (SSSR count). The summed E-state index contributed by atoms with van der Waals surface area (Å²) in [5, 5.41) is 0.224. The number of carbonyl (C=O) groups is 1. The van der Waals surface area contributed by atoms with Crippen LogP contribution >= 0.6 is 11.8 Å². The van der Waals surface area contributed by atoms with Gasteiger partial charge in [-0.25, -0.2) is 0 Å². The number of likely N-dealkylation sites (tertiary alicyclic amines) is 1. The zero-order valence-electron chi connectivity index (χ0n) is 8.00. The van der Waals surface area contributed by atoms with Crippen molar-refractivity contribution in [1.29, 1.82) is 0 Å². The quantitative estimate of drug-likeness (QED) is 0.637. The van der Waals surface area contributed by atoms with E-state index in [2.05, 4.69) is 6.58 Å². The molecule has 0 aliphatic carbocycles. The molecule has 0 aromatic heterocycles. The number of hydrogen-bond acceptors (Lipinski definition) is 2. The number of rotatable bonds is 2. The van der Waals surface area contributed by atoms with Gasteiger partial charge in [0.15, 0.2) is 0 Å². The molecular weight excluding hydrogens is 182 g/mol. The van der Waals surface area contributed by atoms with Gasteiger partial charge >= 0.3 is 0 Å². The summed E-state index contributed by atoms with van der Waals surface area (Å²) in [4.78, 5) is 13.5. The SMILES string of the molecule is C=CCSC(=O)N1CCCCCC1. The highest BCUT2D eigenvalue weighted by Crippen LogP contribution is 2.15. The summed E-state index contributed by atoms with van der Waals surface area (Å²) in [6, 6.07) is 0. The van der Waals surface area contributed by atoms with Gasteiger partial charge < -0.3 is 4.90 Å². The lowest BCUT2D eigenvalue weighted by Gasteiger charge is -2.18. The summed E-state index contributed by atoms with van der Waals surface area (Å²) in [6.45, 7) is 5.50. The molecule has 0 N–H and O–H groups in total. The van der Waals surface area contributed by atoms with Crippen molar-refractivity contribution in [3.05, 3.63) is 12.7 Å². The highest BCUT2D eigenvalue weighted by atomic mass is 32.2. The summed E-state index contributed by atoms with van der Waals surface area (Å²) in [7, 11) is 0. The predicted octanol–water partition coefficient (Wildman–Crippen LogP) is 2.90. The molecule has 1 heterocycles. The number of amides is 1. The van der Waals surface area contributed by atoms with E-state index in [9.17, 15) is 4.79 Å². The molecule has 74 valence electrons. The Hall–Kier alpha value is -0.440. The molecule has 1 amide bonds. The zero-order chi connectivity index (χ0) is 9.52. The molecular formula is C10H17NOS. The van der Waals surface area contributed by atoms with Gasteiger partial charge in [0.2, 0.25) is 0 Å². The van der Waals surface area contributed by atoms with Crippen LogP contribution in [-0.4, -0.2) is 29.0 Å². The first kappa shape index (κ1) is 10.6. The second kappa shape index (κ2) is 6.08. The van der Waals surface area contributed by atoms with E-state index < -0.39 is 0 Å². The van der Waals surface area contributed by atoms with E-state index in [1.807, 2.05) is 4.90 Å². The Balaban J connectivity index is 2.30. The first-order chi connectivity index (χ1) is 6.34. The smallest absolute Gasteiger partial charge is 0.281 e. The van der Waals surface area contributed by atoms with Crippen molar-refractivity contribution in [3.63, 3.8) is 0 Å². The first-order valence-electron chi connectivity index (χ1n) is 4.87. The monoisotopic (exact) mass is 199 g/mol. The lowest BCUT2D eigenvalue weighted by molar-refractivity contribution is 0.225. The van der Waals surface area contributed by atoms with Crippen molar-refractivity contribution in [1.82, 2.24) is 4.90 Å². The Morgan fingerprint density at radius 3 is 2.46 bits per heavy atom. The minimum atomic E-state index is 0.224. The van der Waals surface area contributed by atoms with Crippen molar-refractivity contribution < 1.29 is 4.79 Å². The Morgan fingerprint density at radius 2 is 1.92 bits per heavy atom. The van der Waals surface area contributed by atoms with Crippen LogP contribution in [0.5, 0.6) is 0 Å². The maximum atomic E-state index is 11.6. The average Bonchev–Trinajstić information content (AvgIpc) is 2.42. The molecule has 0 saturated carbocycles. The fourth-order valence-electron chi connectivity index (χ4n) is 1.47. The molecule has 0 spiro atoms. The molecule has 0 radical (unpaired) electrons. The molecule has 0 atom stereocenters. The van der Waals surface area contributed by atoms with Gasteiger partial charge in [0.1, 0.15) is 0 Å². The number of nitrogens with zero attached hydrogens (tertiary/aromatic N) is 1. The zero-order valence-corrected chi connectivity index (χ0v) is 8.81. The second-order valence-corrected chi connectivity index (χ2v) is 4.24. The van der Waals surface area contributed by atoms with Crippen LogP contribution in [-0.2, 0) is 0 Å². The van der Waals surface area contributed by atoms with E-state index in [4.69, 9.17) is 0 Å². The Kier molecular flexibility index (Phi) is 4.98. The van der Waals surface area contributed by atoms with Crippen molar-refractivity contribution >= 4 is 17.0 Å². The van der Waals surface area contributed by atoms with Crippen LogP contribution in [0.25, 0.3) is 0 Å². The van der Waals surface area contributed by atoms with E-state index in [1.165, 1.54) is 37.4 Å². The fourth-order valence-corrected chi connectivity index (χ4v) is 2.10. The average molecular weight is 199 g/mol. The maximum Gasteiger partial charge on any atom is 0.281 e. The Bertz CT molecular complexity index is 174. The Morgan fingerprint density at radius 1 is 1.31 bits per heavy atom. The van der Waals surface area contributed by atoms with E-state index in [0.717, 1.165) is 18.8 Å². The molecule has 13 heavy (non-hydrogen) atoms. The van der Waals surface area contributed by atoms with Gasteiger partial charge in [-0.15, -0.1) is 6.58 Å². The molecule has 1 saturated heterocycles. The third-order valence-corrected chi connectivity index (χ3v) is 3.10. The molecule has 1 aliphatic rings. The predicted molar refractivity (Wildman–Crippen MR) is 58.1 cm³/mol. The van der Waals surface area contributed by atoms with E-state index in [1.54, 1.807) is 6.08 Å². The third kappa shape index (κ3) is 3.85. The fraction of sp³-hybridized carbons (Fsp3) is 0.700. The van der Waals surface area contributed by atoms with Gasteiger partial charge in [-0.05, 0) is 12.8 Å². The molecule has 1 fully saturated rings. The minimum Gasteiger partial charge on any atom is -0.334 e.